The quantitative estimate of drug-likeness (QED) is 0.862. The Hall–Kier alpha value is -0.970. The van der Waals surface area contributed by atoms with Crippen molar-refractivity contribution in [1.82, 2.24) is 0 Å². The molecule has 2 aromatic carbocycles. The topological polar surface area (TPSA) is 26.0 Å². The zero-order chi connectivity index (χ0) is 14.0. The predicted molar refractivity (Wildman–Crippen MR) is 76.1 cm³/mol. The van der Waals surface area contributed by atoms with Crippen LogP contribution in [0, 0.1) is 11.6 Å². The van der Waals surface area contributed by atoms with Gasteiger partial charge in [0, 0.05) is 15.5 Å². The summed E-state index contributed by atoms with van der Waals surface area (Å²) >= 11 is 9.02. The Labute approximate surface area is 123 Å². The fraction of sp³-hybridized carbons (Fsp3) is 0.143. The van der Waals surface area contributed by atoms with Gasteiger partial charge in [-0.1, -0.05) is 27.5 Å². The Kier molecular flexibility index (Phi) is 4.55. The van der Waals surface area contributed by atoms with E-state index in [-0.39, 0.29) is 18.1 Å². The van der Waals surface area contributed by atoms with Crippen molar-refractivity contribution in [3.05, 3.63) is 68.7 Å². The van der Waals surface area contributed by atoms with Crippen LogP contribution >= 0.6 is 27.5 Å². The van der Waals surface area contributed by atoms with E-state index in [1.54, 1.807) is 6.07 Å². The molecule has 0 heterocycles. The molecule has 0 bridgehead atoms. The van der Waals surface area contributed by atoms with Crippen LogP contribution < -0.4 is 5.73 Å². The summed E-state index contributed by atoms with van der Waals surface area (Å²) in [7, 11) is 0. The van der Waals surface area contributed by atoms with E-state index >= 15 is 0 Å². The lowest BCUT2D eigenvalue weighted by molar-refractivity contribution is 0.589. The lowest BCUT2D eigenvalue weighted by atomic mass is 9.99. The monoisotopic (exact) mass is 345 g/mol. The molecular weight excluding hydrogens is 336 g/mol. The van der Waals surface area contributed by atoms with Gasteiger partial charge in [0.2, 0.25) is 0 Å². The number of nitrogens with two attached hydrogens (primary N) is 1. The summed E-state index contributed by atoms with van der Waals surface area (Å²) < 4.78 is 27.5. The van der Waals surface area contributed by atoms with E-state index in [9.17, 15) is 8.78 Å². The Morgan fingerprint density at radius 3 is 2.58 bits per heavy atom. The largest absolute Gasteiger partial charge is 0.324 e. The highest BCUT2D eigenvalue weighted by atomic mass is 79.9. The maximum Gasteiger partial charge on any atom is 0.126 e. The van der Waals surface area contributed by atoms with E-state index in [4.69, 9.17) is 17.3 Å². The smallest absolute Gasteiger partial charge is 0.126 e. The fourth-order valence-corrected chi connectivity index (χ4v) is 2.52. The van der Waals surface area contributed by atoms with Crippen molar-refractivity contribution >= 4 is 27.5 Å². The summed E-state index contributed by atoms with van der Waals surface area (Å²) in [6.07, 6.45) is 0.252. The lowest BCUT2D eigenvalue weighted by Gasteiger charge is -2.13. The summed E-state index contributed by atoms with van der Waals surface area (Å²) in [6.45, 7) is 0. The third-order valence-corrected chi connectivity index (χ3v) is 3.45. The Morgan fingerprint density at radius 1 is 1.16 bits per heavy atom. The molecule has 0 radical (unpaired) electrons. The first-order chi connectivity index (χ1) is 8.95. The molecule has 19 heavy (non-hydrogen) atoms. The first-order valence-electron chi connectivity index (χ1n) is 5.61. The number of halogens is 4. The second kappa shape index (κ2) is 5.99. The average molecular weight is 347 g/mol. The summed E-state index contributed by atoms with van der Waals surface area (Å²) in [6, 6.07) is 8.21. The van der Waals surface area contributed by atoms with Gasteiger partial charge in [-0.3, -0.25) is 0 Å². The van der Waals surface area contributed by atoms with Crippen LogP contribution in [0.2, 0.25) is 5.02 Å². The highest BCUT2D eigenvalue weighted by molar-refractivity contribution is 9.10. The van der Waals surface area contributed by atoms with E-state index in [1.807, 2.05) is 0 Å². The van der Waals surface area contributed by atoms with Crippen molar-refractivity contribution in [3.63, 3.8) is 0 Å². The van der Waals surface area contributed by atoms with Gasteiger partial charge in [0.25, 0.3) is 0 Å². The van der Waals surface area contributed by atoms with E-state index < -0.39 is 6.04 Å². The molecule has 2 N–H and O–H groups in total. The van der Waals surface area contributed by atoms with Crippen molar-refractivity contribution in [2.45, 2.75) is 12.5 Å². The first-order valence-corrected chi connectivity index (χ1v) is 6.78. The van der Waals surface area contributed by atoms with Crippen LogP contribution in [0.25, 0.3) is 0 Å². The van der Waals surface area contributed by atoms with Gasteiger partial charge in [0.15, 0.2) is 0 Å². The summed E-state index contributed by atoms with van der Waals surface area (Å²) in [5.74, 6) is -0.748. The van der Waals surface area contributed by atoms with Gasteiger partial charge in [0.05, 0.1) is 0 Å². The van der Waals surface area contributed by atoms with Gasteiger partial charge in [-0.05, 0) is 53.9 Å². The molecule has 0 saturated heterocycles. The second-order valence-electron chi connectivity index (χ2n) is 4.25. The molecule has 0 aliphatic heterocycles. The van der Waals surface area contributed by atoms with E-state index in [2.05, 4.69) is 15.9 Å². The zero-order valence-corrected chi connectivity index (χ0v) is 12.2. The van der Waals surface area contributed by atoms with Crippen LogP contribution in [0.15, 0.2) is 40.9 Å². The van der Waals surface area contributed by atoms with Crippen LogP contribution in [0.4, 0.5) is 8.78 Å². The molecule has 0 aliphatic carbocycles. The Bertz CT molecular complexity index is 584. The summed E-state index contributed by atoms with van der Waals surface area (Å²) in [5, 5.41) is 0.448. The van der Waals surface area contributed by atoms with Crippen molar-refractivity contribution < 1.29 is 8.78 Å². The third-order valence-electron chi connectivity index (χ3n) is 2.76. The summed E-state index contributed by atoms with van der Waals surface area (Å²) in [4.78, 5) is 0. The number of hydrogen-bond acceptors (Lipinski definition) is 1. The van der Waals surface area contributed by atoms with Crippen LogP contribution in [0.3, 0.4) is 0 Å². The predicted octanol–water partition coefficient (Wildman–Crippen LogP) is 4.62. The highest BCUT2D eigenvalue weighted by Gasteiger charge is 2.12. The Balaban J connectivity index is 2.25. The number of hydrogen-bond donors (Lipinski definition) is 1. The molecule has 0 fully saturated rings. The van der Waals surface area contributed by atoms with Crippen LogP contribution in [0.5, 0.6) is 0 Å². The molecule has 0 amide bonds. The lowest BCUT2D eigenvalue weighted by Crippen LogP contribution is -2.14. The van der Waals surface area contributed by atoms with Gasteiger partial charge in [0.1, 0.15) is 11.6 Å². The van der Waals surface area contributed by atoms with Crippen LogP contribution in [-0.4, -0.2) is 0 Å². The van der Waals surface area contributed by atoms with Crippen molar-refractivity contribution in [3.8, 4) is 0 Å². The van der Waals surface area contributed by atoms with Gasteiger partial charge in [-0.2, -0.15) is 0 Å². The van der Waals surface area contributed by atoms with Crippen LogP contribution in [0.1, 0.15) is 17.2 Å². The van der Waals surface area contributed by atoms with Gasteiger partial charge in [-0.25, -0.2) is 8.78 Å². The first kappa shape index (κ1) is 14.4. The molecule has 0 saturated carbocycles. The van der Waals surface area contributed by atoms with Crippen LogP contribution in [-0.2, 0) is 6.42 Å². The molecule has 2 aromatic rings. The van der Waals surface area contributed by atoms with E-state index in [0.717, 1.165) is 0 Å². The molecule has 100 valence electrons. The van der Waals surface area contributed by atoms with Gasteiger partial charge >= 0.3 is 0 Å². The van der Waals surface area contributed by atoms with Crippen molar-refractivity contribution in [2.75, 3.05) is 0 Å². The summed E-state index contributed by atoms with van der Waals surface area (Å²) in [5.41, 5.74) is 7.01. The van der Waals surface area contributed by atoms with E-state index in [0.29, 0.717) is 20.6 Å². The molecule has 5 heteroatoms. The van der Waals surface area contributed by atoms with Gasteiger partial charge < -0.3 is 5.73 Å². The maximum absolute atomic E-state index is 13.6. The molecular formula is C14H11BrClF2N. The SMILES string of the molecule is NC(Cc1cc(Cl)ccc1F)c1cc(F)cc(Br)c1. The normalized spacial score (nSPS) is 12.5. The molecule has 0 aromatic heterocycles. The van der Waals surface area contributed by atoms with Gasteiger partial charge in [-0.15, -0.1) is 0 Å². The number of benzene rings is 2. The molecule has 1 nitrogen and oxygen atoms in total. The maximum atomic E-state index is 13.6. The molecule has 1 atom stereocenters. The minimum atomic E-state index is -0.500. The third kappa shape index (κ3) is 3.75. The standard InChI is InChI=1S/C14H11BrClF2N/c15-10-3-9(5-12(17)7-10)14(19)6-8-4-11(16)1-2-13(8)18/h1-5,7,14H,6,19H2. The minimum absolute atomic E-state index is 0.252. The number of rotatable bonds is 3. The molecule has 0 aliphatic rings. The fourth-order valence-electron chi connectivity index (χ4n) is 1.84. The second-order valence-corrected chi connectivity index (χ2v) is 5.60. The van der Waals surface area contributed by atoms with E-state index in [1.165, 1.54) is 30.3 Å². The molecule has 2 rings (SSSR count). The zero-order valence-electron chi connectivity index (χ0n) is 9.84. The Morgan fingerprint density at radius 2 is 1.89 bits per heavy atom. The molecule has 1 unspecified atom stereocenters. The van der Waals surface area contributed by atoms with Crippen molar-refractivity contribution in [1.29, 1.82) is 0 Å². The minimum Gasteiger partial charge on any atom is -0.324 e. The van der Waals surface area contributed by atoms with Crippen molar-refractivity contribution in [2.24, 2.45) is 5.73 Å². The molecule has 0 spiro atoms. The highest BCUT2D eigenvalue weighted by Crippen LogP contribution is 2.24. The average Bonchev–Trinajstić information content (AvgIpc) is 2.32.